The standard InChI is InChI=1S/C20H36N2O2/c1-21-3-5-22(6-4-21)14-19(23)15-24-7-2-20-11-16-8-17(12-20)10-18(9-16)13-20/h16-19,23H,2-15H2,1H3/p+2/t16?,17?,18?,19-,20?/m1/s1. The van der Waals surface area contributed by atoms with Crippen molar-refractivity contribution in [2.24, 2.45) is 23.2 Å². The Bertz CT molecular complexity index is 385. The normalized spacial score (nSPS) is 45.5. The van der Waals surface area contributed by atoms with Crippen molar-refractivity contribution in [3.63, 3.8) is 0 Å². The van der Waals surface area contributed by atoms with Crippen LogP contribution in [0, 0.1) is 23.2 Å². The zero-order valence-corrected chi connectivity index (χ0v) is 15.6. The summed E-state index contributed by atoms with van der Waals surface area (Å²) < 4.78 is 5.93. The quantitative estimate of drug-likeness (QED) is 0.542. The van der Waals surface area contributed by atoms with Gasteiger partial charge in [0, 0.05) is 6.61 Å². The molecule has 0 unspecified atom stereocenters. The van der Waals surface area contributed by atoms with Crippen molar-refractivity contribution in [2.75, 3.05) is 53.0 Å². The number of rotatable bonds is 7. The van der Waals surface area contributed by atoms with Crippen molar-refractivity contribution >= 4 is 0 Å². The van der Waals surface area contributed by atoms with Crippen LogP contribution in [0.4, 0.5) is 0 Å². The van der Waals surface area contributed by atoms with E-state index in [1.807, 2.05) is 0 Å². The van der Waals surface area contributed by atoms with Crippen molar-refractivity contribution in [1.29, 1.82) is 0 Å². The number of nitrogens with one attached hydrogen (secondary N) is 2. The average Bonchev–Trinajstić information content (AvgIpc) is 2.53. The SMILES string of the molecule is C[NH+]1CC[NH+](C[C@@H](O)COCCC23CC4CC(CC(C4)C2)C3)CC1. The van der Waals surface area contributed by atoms with Gasteiger partial charge in [-0.1, -0.05) is 0 Å². The van der Waals surface area contributed by atoms with Gasteiger partial charge in [0.1, 0.15) is 38.8 Å². The van der Waals surface area contributed by atoms with Crippen LogP contribution in [-0.2, 0) is 4.74 Å². The topological polar surface area (TPSA) is 38.3 Å². The van der Waals surface area contributed by atoms with Crippen LogP contribution in [0.3, 0.4) is 0 Å². The fraction of sp³-hybridized carbons (Fsp3) is 1.00. The predicted octanol–water partition coefficient (Wildman–Crippen LogP) is -0.616. The number of aliphatic hydroxyl groups is 1. The van der Waals surface area contributed by atoms with E-state index in [0.29, 0.717) is 12.0 Å². The highest BCUT2D eigenvalue weighted by atomic mass is 16.5. The highest BCUT2D eigenvalue weighted by Gasteiger charge is 2.50. The molecule has 5 aliphatic rings. The van der Waals surface area contributed by atoms with E-state index >= 15 is 0 Å². The first-order chi connectivity index (χ1) is 11.6. The van der Waals surface area contributed by atoms with Gasteiger partial charge in [-0.25, -0.2) is 0 Å². The summed E-state index contributed by atoms with van der Waals surface area (Å²) in [6.45, 7) is 7.12. The van der Waals surface area contributed by atoms with Gasteiger partial charge >= 0.3 is 0 Å². The lowest BCUT2D eigenvalue weighted by atomic mass is 9.49. The van der Waals surface area contributed by atoms with Gasteiger partial charge in [0.25, 0.3) is 0 Å². The number of piperazine rings is 1. The second-order valence-electron chi connectivity index (χ2n) is 9.81. The molecule has 1 saturated heterocycles. The highest BCUT2D eigenvalue weighted by molar-refractivity contribution is 5.01. The van der Waals surface area contributed by atoms with Crippen molar-refractivity contribution in [3.8, 4) is 0 Å². The van der Waals surface area contributed by atoms with Gasteiger partial charge in [-0.05, 0) is 68.1 Å². The lowest BCUT2D eigenvalue weighted by molar-refractivity contribution is -1.00. The molecule has 5 fully saturated rings. The Morgan fingerprint density at radius 2 is 1.58 bits per heavy atom. The Kier molecular flexibility index (Phi) is 5.19. The molecule has 0 aromatic carbocycles. The van der Waals surface area contributed by atoms with Gasteiger partial charge in [0.15, 0.2) is 0 Å². The minimum absolute atomic E-state index is 0.283. The second kappa shape index (κ2) is 7.22. The zero-order valence-electron chi connectivity index (χ0n) is 15.6. The second-order valence-corrected chi connectivity index (χ2v) is 9.81. The van der Waals surface area contributed by atoms with Gasteiger partial charge in [0.2, 0.25) is 0 Å². The Labute approximate surface area is 147 Å². The molecule has 4 saturated carbocycles. The molecule has 4 nitrogen and oxygen atoms in total. The highest BCUT2D eigenvalue weighted by Crippen LogP contribution is 2.61. The lowest BCUT2D eigenvalue weighted by Crippen LogP contribution is -3.27. The summed E-state index contributed by atoms with van der Waals surface area (Å²) in [6, 6.07) is 0. The van der Waals surface area contributed by atoms with E-state index in [9.17, 15) is 5.11 Å². The van der Waals surface area contributed by atoms with Crippen LogP contribution < -0.4 is 9.80 Å². The van der Waals surface area contributed by atoms with E-state index in [1.165, 1.54) is 71.1 Å². The third kappa shape index (κ3) is 3.98. The molecule has 0 aromatic rings. The summed E-state index contributed by atoms with van der Waals surface area (Å²) in [4.78, 5) is 3.18. The molecule has 3 N–H and O–H groups in total. The first kappa shape index (κ1) is 17.3. The van der Waals surface area contributed by atoms with Crippen LogP contribution in [0.1, 0.15) is 44.9 Å². The summed E-state index contributed by atoms with van der Waals surface area (Å²) in [5, 5.41) is 10.3. The van der Waals surface area contributed by atoms with E-state index in [1.54, 1.807) is 9.80 Å². The average molecular weight is 339 g/mol. The molecule has 1 aliphatic heterocycles. The molecule has 4 aliphatic carbocycles. The Balaban J connectivity index is 1.14. The van der Waals surface area contributed by atoms with Crippen LogP contribution in [-0.4, -0.2) is 64.2 Å². The molecule has 1 heterocycles. The molecule has 0 spiro atoms. The van der Waals surface area contributed by atoms with Crippen LogP contribution in [0.2, 0.25) is 0 Å². The molecule has 138 valence electrons. The molecular formula is C20H38N2O2+2. The summed E-state index contributed by atoms with van der Waals surface area (Å²) >= 11 is 0. The minimum Gasteiger partial charge on any atom is -0.385 e. The van der Waals surface area contributed by atoms with Crippen LogP contribution in [0.15, 0.2) is 0 Å². The van der Waals surface area contributed by atoms with Gasteiger partial charge in [-0.3, -0.25) is 0 Å². The summed E-state index contributed by atoms with van der Waals surface area (Å²) in [7, 11) is 2.26. The molecule has 1 atom stereocenters. The molecule has 24 heavy (non-hydrogen) atoms. The Hall–Kier alpha value is -0.160. The first-order valence-electron chi connectivity index (χ1n) is 10.5. The molecule has 4 bridgehead atoms. The zero-order chi connectivity index (χ0) is 16.6. The summed E-state index contributed by atoms with van der Waals surface area (Å²) in [5.41, 5.74) is 0.616. The van der Waals surface area contributed by atoms with Crippen molar-refractivity contribution in [1.82, 2.24) is 0 Å². The van der Waals surface area contributed by atoms with Crippen LogP contribution in [0.5, 0.6) is 0 Å². The maximum Gasteiger partial charge on any atom is 0.127 e. The third-order valence-corrected chi connectivity index (χ3v) is 7.59. The minimum atomic E-state index is -0.283. The number of aliphatic hydroxyl groups excluding tert-OH is 1. The molecule has 0 amide bonds. The number of ether oxygens (including phenoxy) is 1. The van der Waals surface area contributed by atoms with E-state index in [4.69, 9.17) is 4.74 Å². The maximum absolute atomic E-state index is 10.3. The maximum atomic E-state index is 10.3. The molecular weight excluding hydrogens is 300 g/mol. The van der Waals surface area contributed by atoms with E-state index in [0.717, 1.165) is 30.9 Å². The predicted molar refractivity (Wildman–Crippen MR) is 94.2 cm³/mol. The van der Waals surface area contributed by atoms with E-state index in [2.05, 4.69) is 7.05 Å². The monoisotopic (exact) mass is 338 g/mol. The lowest BCUT2D eigenvalue weighted by Gasteiger charge is -2.57. The van der Waals surface area contributed by atoms with Gasteiger partial charge in [-0.15, -0.1) is 0 Å². The largest absolute Gasteiger partial charge is 0.385 e. The van der Waals surface area contributed by atoms with Crippen molar-refractivity contribution in [3.05, 3.63) is 0 Å². The van der Waals surface area contributed by atoms with Crippen molar-refractivity contribution < 1.29 is 19.6 Å². The molecule has 0 aromatic heterocycles. The van der Waals surface area contributed by atoms with Crippen LogP contribution >= 0.6 is 0 Å². The summed E-state index contributed by atoms with van der Waals surface area (Å²) in [5.74, 6) is 3.10. The number of hydrogen-bond donors (Lipinski definition) is 3. The number of quaternary nitrogens is 2. The number of likely N-dealkylation sites (N-methyl/N-ethyl adjacent to an activating group) is 1. The van der Waals surface area contributed by atoms with E-state index in [-0.39, 0.29) is 6.10 Å². The third-order valence-electron chi connectivity index (χ3n) is 7.59. The van der Waals surface area contributed by atoms with Crippen molar-refractivity contribution in [2.45, 2.75) is 51.0 Å². The van der Waals surface area contributed by atoms with E-state index < -0.39 is 0 Å². The van der Waals surface area contributed by atoms with Gasteiger partial charge in [-0.2, -0.15) is 0 Å². The Morgan fingerprint density at radius 1 is 1.00 bits per heavy atom. The molecule has 5 rings (SSSR count). The fourth-order valence-electron chi connectivity index (χ4n) is 6.73. The Morgan fingerprint density at radius 3 is 2.17 bits per heavy atom. The smallest absolute Gasteiger partial charge is 0.127 e. The fourth-order valence-corrected chi connectivity index (χ4v) is 6.73. The van der Waals surface area contributed by atoms with Crippen LogP contribution in [0.25, 0.3) is 0 Å². The van der Waals surface area contributed by atoms with Gasteiger partial charge in [0.05, 0.1) is 13.7 Å². The summed E-state index contributed by atoms with van der Waals surface area (Å²) in [6.07, 6.45) is 9.94. The number of hydrogen-bond acceptors (Lipinski definition) is 2. The first-order valence-corrected chi connectivity index (χ1v) is 10.5. The molecule has 0 radical (unpaired) electrons. The van der Waals surface area contributed by atoms with Gasteiger partial charge < -0.3 is 19.6 Å². The molecule has 4 heteroatoms.